The maximum absolute atomic E-state index is 12.8. The van der Waals surface area contributed by atoms with Crippen molar-refractivity contribution < 1.29 is 32.3 Å². The molecule has 1 saturated heterocycles. The summed E-state index contributed by atoms with van der Waals surface area (Å²) in [5.41, 5.74) is -0.000156. The van der Waals surface area contributed by atoms with E-state index in [0.717, 1.165) is 25.7 Å². The zero-order chi connectivity index (χ0) is 20.6. The molecule has 0 bridgehead atoms. The third-order valence-corrected chi connectivity index (χ3v) is 6.02. The number of hydrogen-bond acceptors (Lipinski definition) is 7. The van der Waals surface area contributed by atoms with Gasteiger partial charge in [0.25, 0.3) is 5.91 Å². The first-order valence-corrected chi connectivity index (χ1v) is 10.5. The number of hydrogen-bond donors (Lipinski definition) is 1. The highest BCUT2D eigenvalue weighted by Crippen LogP contribution is 2.21. The van der Waals surface area contributed by atoms with Gasteiger partial charge in [0.05, 0.1) is 17.1 Å². The fourth-order valence-corrected chi connectivity index (χ4v) is 4.31. The van der Waals surface area contributed by atoms with Crippen molar-refractivity contribution >= 4 is 28.0 Å². The minimum Gasteiger partial charge on any atom is -0.452 e. The molecule has 0 aromatic heterocycles. The Bertz CT molecular complexity index is 815. The first-order valence-electron chi connectivity index (χ1n) is 9.08. The third kappa shape index (κ3) is 6.03. The van der Waals surface area contributed by atoms with Crippen LogP contribution in [-0.4, -0.2) is 57.0 Å². The molecule has 0 unspecified atom stereocenters. The molecule has 0 aliphatic carbocycles. The molecule has 154 valence electrons. The highest BCUT2D eigenvalue weighted by molar-refractivity contribution is 7.89. The Hall–Kier alpha value is -2.46. The first-order chi connectivity index (χ1) is 13.3. The van der Waals surface area contributed by atoms with Crippen molar-refractivity contribution in [1.82, 2.24) is 9.62 Å². The second-order valence-corrected chi connectivity index (χ2v) is 8.13. The number of esters is 1. The van der Waals surface area contributed by atoms with Gasteiger partial charge in [0, 0.05) is 13.1 Å². The predicted octanol–water partition coefficient (Wildman–Crippen LogP) is 1.68. The fraction of sp³-hybridized carbons (Fsp3) is 0.500. The van der Waals surface area contributed by atoms with Crippen LogP contribution in [0.5, 0.6) is 0 Å². The Morgan fingerprint density at radius 1 is 1.07 bits per heavy atom. The molecule has 1 fully saturated rings. The third-order valence-electron chi connectivity index (χ3n) is 4.12. The maximum atomic E-state index is 12.8. The lowest BCUT2D eigenvalue weighted by molar-refractivity contribution is -0.123. The lowest BCUT2D eigenvalue weighted by atomic mass is 10.2. The molecule has 0 saturated carbocycles. The van der Waals surface area contributed by atoms with Gasteiger partial charge in [-0.25, -0.2) is 18.0 Å². The smallest absolute Gasteiger partial charge is 0.413 e. The predicted molar refractivity (Wildman–Crippen MR) is 99.1 cm³/mol. The lowest BCUT2D eigenvalue weighted by Crippen LogP contribution is -2.34. The van der Waals surface area contributed by atoms with Crippen LogP contribution < -0.4 is 5.32 Å². The van der Waals surface area contributed by atoms with E-state index in [1.165, 1.54) is 28.6 Å². The van der Waals surface area contributed by atoms with Crippen LogP contribution >= 0.6 is 0 Å². The van der Waals surface area contributed by atoms with E-state index < -0.39 is 34.6 Å². The van der Waals surface area contributed by atoms with Crippen LogP contribution in [0.15, 0.2) is 29.2 Å². The van der Waals surface area contributed by atoms with Gasteiger partial charge >= 0.3 is 12.1 Å². The summed E-state index contributed by atoms with van der Waals surface area (Å²) in [7, 11) is -3.71. The molecule has 1 aliphatic heterocycles. The van der Waals surface area contributed by atoms with Gasteiger partial charge in [0.2, 0.25) is 10.0 Å². The maximum Gasteiger partial charge on any atom is 0.413 e. The zero-order valence-corrected chi connectivity index (χ0v) is 16.5. The van der Waals surface area contributed by atoms with Crippen LogP contribution in [0.2, 0.25) is 0 Å². The van der Waals surface area contributed by atoms with Gasteiger partial charge in [-0.2, -0.15) is 4.31 Å². The molecule has 10 heteroatoms. The number of carbonyl (C=O) groups excluding carboxylic acids is 3. The summed E-state index contributed by atoms with van der Waals surface area (Å²) >= 11 is 0. The van der Waals surface area contributed by atoms with Crippen LogP contribution in [0.4, 0.5) is 4.79 Å². The minimum absolute atomic E-state index is 0.000156. The second kappa shape index (κ2) is 10.2. The summed E-state index contributed by atoms with van der Waals surface area (Å²) in [6.07, 6.45) is 2.65. The van der Waals surface area contributed by atoms with E-state index in [1.807, 2.05) is 5.32 Å². The van der Waals surface area contributed by atoms with Gasteiger partial charge in [-0.1, -0.05) is 18.9 Å². The molecule has 0 atom stereocenters. The molecular formula is C18H24N2O7S. The van der Waals surface area contributed by atoms with Crippen molar-refractivity contribution in [3.63, 3.8) is 0 Å². The van der Waals surface area contributed by atoms with Crippen LogP contribution in [-0.2, 0) is 24.3 Å². The summed E-state index contributed by atoms with van der Waals surface area (Å²) in [5.74, 6) is -1.72. The Kier molecular flexibility index (Phi) is 7.94. The number of carbonyl (C=O) groups is 3. The molecule has 2 amide bonds. The Balaban J connectivity index is 2.02. The van der Waals surface area contributed by atoms with Gasteiger partial charge in [-0.05, 0) is 38.0 Å². The number of sulfonamides is 1. The molecule has 1 aliphatic rings. The van der Waals surface area contributed by atoms with Crippen molar-refractivity contribution in [3.8, 4) is 0 Å². The van der Waals surface area contributed by atoms with E-state index in [9.17, 15) is 22.8 Å². The highest BCUT2D eigenvalue weighted by atomic mass is 32.2. The number of ether oxygens (including phenoxy) is 2. The molecule has 9 nitrogen and oxygen atoms in total. The van der Waals surface area contributed by atoms with Gasteiger partial charge < -0.3 is 9.47 Å². The van der Waals surface area contributed by atoms with E-state index in [4.69, 9.17) is 4.74 Å². The van der Waals surface area contributed by atoms with E-state index in [0.29, 0.717) is 13.1 Å². The van der Waals surface area contributed by atoms with E-state index in [2.05, 4.69) is 4.74 Å². The Morgan fingerprint density at radius 3 is 2.39 bits per heavy atom. The molecular weight excluding hydrogens is 388 g/mol. The number of imide groups is 1. The molecule has 2 rings (SSSR count). The molecule has 1 aromatic carbocycles. The highest BCUT2D eigenvalue weighted by Gasteiger charge is 2.26. The normalized spacial score (nSPS) is 15.3. The van der Waals surface area contributed by atoms with Gasteiger partial charge in [-0.15, -0.1) is 0 Å². The SMILES string of the molecule is CCOC(=O)NC(=O)COC(=O)c1cccc(S(=O)(=O)N2CCCCCC2)c1. The summed E-state index contributed by atoms with van der Waals surface area (Å²) in [6.45, 7) is 1.88. The summed E-state index contributed by atoms with van der Waals surface area (Å²) in [5, 5.41) is 1.89. The monoisotopic (exact) mass is 412 g/mol. The van der Waals surface area contributed by atoms with Crippen molar-refractivity contribution in [2.45, 2.75) is 37.5 Å². The standard InChI is InChI=1S/C18H24N2O7S/c1-2-26-18(23)19-16(21)13-27-17(22)14-8-7-9-15(12-14)28(24,25)20-10-5-3-4-6-11-20/h7-9,12H,2-6,10-11,13H2,1H3,(H,19,21,23). The average molecular weight is 412 g/mol. The van der Waals surface area contributed by atoms with Crippen LogP contribution in [0, 0.1) is 0 Å². The average Bonchev–Trinajstić information content (AvgIpc) is 2.96. The van der Waals surface area contributed by atoms with Gasteiger partial charge in [-0.3, -0.25) is 10.1 Å². The molecule has 0 radical (unpaired) electrons. The number of amides is 2. The number of benzene rings is 1. The number of rotatable bonds is 6. The van der Waals surface area contributed by atoms with Gasteiger partial charge in [0.15, 0.2) is 6.61 Å². The molecule has 1 heterocycles. The fourth-order valence-electron chi connectivity index (χ4n) is 2.75. The topological polar surface area (TPSA) is 119 Å². The quantitative estimate of drug-likeness (QED) is 0.706. The number of alkyl carbamates (subject to hydrolysis) is 1. The second-order valence-electron chi connectivity index (χ2n) is 6.19. The number of nitrogens with zero attached hydrogens (tertiary/aromatic N) is 1. The molecule has 1 N–H and O–H groups in total. The van der Waals surface area contributed by atoms with Crippen LogP contribution in [0.1, 0.15) is 43.0 Å². The van der Waals surface area contributed by atoms with E-state index >= 15 is 0 Å². The molecule has 0 spiro atoms. The summed E-state index contributed by atoms with van der Waals surface area (Å²) in [4.78, 5) is 34.8. The Morgan fingerprint density at radius 2 is 1.75 bits per heavy atom. The van der Waals surface area contributed by atoms with E-state index in [-0.39, 0.29) is 17.1 Å². The minimum atomic E-state index is -3.71. The van der Waals surface area contributed by atoms with Crippen molar-refractivity contribution in [2.24, 2.45) is 0 Å². The van der Waals surface area contributed by atoms with Crippen LogP contribution in [0.3, 0.4) is 0 Å². The zero-order valence-electron chi connectivity index (χ0n) is 15.7. The van der Waals surface area contributed by atoms with Crippen LogP contribution in [0.25, 0.3) is 0 Å². The van der Waals surface area contributed by atoms with Crippen molar-refractivity contribution in [1.29, 1.82) is 0 Å². The first kappa shape index (κ1) is 21.8. The summed E-state index contributed by atoms with van der Waals surface area (Å²) in [6, 6.07) is 5.49. The summed E-state index contributed by atoms with van der Waals surface area (Å²) < 4.78 is 36.4. The molecule has 1 aromatic rings. The largest absolute Gasteiger partial charge is 0.452 e. The van der Waals surface area contributed by atoms with Crippen molar-refractivity contribution in [2.75, 3.05) is 26.3 Å². The lowest BCUT2D eigenvalue weighted by Gasteiger charge is -2.20. The Labute approximate surface area is 164 Å². The van der Waals surface area contributed by atoms with E-state index in [1.54, 1.807) is 6.92 Å². The number of nitrogens with one attached hydrogen (secondary N) is 1. The van der Waals surface area contributed by atoms with Gasteiger partial charge in [0.1, 0.15) is 0 Å². The van der Waals surface area contributed by atoms with Crippen molar-refractivity contribution in [3.05, 3.63) is 29.8 Å². The molecule has 28 heavy (non-hydrogen) atoms.